The van der Waals surface area contributed by atoms with E-state index in [0.29, 0.717) is 17.6 Å². The molecule has 0 aliphatic heterocycles. The predicted octanol–water partition coefficient (Wildman–Crippen LogP) is 1.78. The van der Waals surface area contributed by atoms with Gasteiger partial charge in [-0.15, -0.1) is 0 Å². The van der Waals surface area contributed by atoms with Gasteiger partial charge < -0.3 is 4.74 Å². The first-order valence-corrected chi connectivity index (χ1v) is 4.02. The van der Waals surface area contributed by atoms with Crippen molar-refractivity contribution >= 4 is 12.4 Å². The van der Waals surface area contributed by atoms with Gasteiger partial charge in [0.05, 0.1) is 12.7 Å². The standard InChI is InChI=1S/C11H9NO2/c1-14-11-5-4-9(3-2-6-13)7-10(11)8-12/h2-7H,1H3. The Hall–Kier alpha value is -2.08. The van der Waals surface area contributed by atoms with Crippen LogP contribution in [0.15, 0.2) is 24.3 Å². The Kier molecular flexibility index (Phi) is 3.45. The fraction of sp³-hybridized carbons (Fsp3) is 0.0909. The summed E-state index contributed by atoms with van der Waals surface area (Å²) in [7, 11) is 1.51. The predicted molar refractivity (Wildman–Crippen MR) is 52.8 cm³/mol. The third-order valence-corrected chi connectivity index (χ3v) is 1.71. The van der Waals surface area contributed by atoms with E-state index in [2.05, 4.69) is 0 Å². The van der Waals surface area contributed by atoms with Crippen LogP contribution in [0.3, 0.4) is 0 Å². The smallest absolute Gasteiger partial charge is 0.142 e. The molecule has 0 saturated carbocycles. The van der Waals surface area contributed by atoms with Crippen molar-refractivity contribution in [1.82, 2.24) is 0 Å². The lowest BCUT2D eigenvalue weighted by molar-refractivity contribution is -0.104. The molecular weight excluding hydrogens is 178 g/mol. The van der Waals surface area contributed by atoms with Gasteiger partial charge in [-0.2, -0.15) is 5.26 Å². The number of methoxy groups -OCH3 is 1. The molecule has 1 aromatic carbocycles. The second-order valence-corrected chi connectivity index (χ2v) is 2.57. The summed E-state index contributed by atoms with van der Waals surface area (Å²) in [6.45, 7) is 0. The van der Waals surface area contributed by atoms with Gasteiger partial charge in [-0.1, -0.05) is 12.1 Å². The number of nitriles is 1. The average molecular weight is 187 g/mol. The number of ether oxygens (including phenoxy) is 1. The molecule has 1 aromatic rings. The van der Waals surface area contributed by atoms with Crippen LogP contribution in [0, 0.1) is 11.3 Å². The lowest BCUT2D eigenvalue weighted by atomic mass is 10.1. The normalized spacial score (nSPS) is 9.71. The van der Waals surface area contributed by atoms with Gasteiger partial charge in [0.2, 0.25) is 0 Å². The van der Waals surface area contributed by atoms with E-state index in [-0.39, 0.29) is 0 Å². The molecule has 0 spiro atoms. The summed E-state index contributed by atoms with van der Waals surface area (Å²) in [5.74, 6) is 0.538. The van der Waals surface area contributed by atoms with E-state index in [1.165, 1.54) is 13.2 Å². The number of rotatable bonds is 3. The van der Waals surface area contributed by atoms with Crippen LogP contribution in [-0.2, 0) is 4.79 Å². The summed E-state index contributed by atoms with van der Waals surface area (Å²) in [6, 6.07) is 7.16. The number of allylic oxidation sites excluding steroid dienone is 1. The molecule has 0 heterocycles. The van der Waals surface area contributed by atoms with Crippen LogP contribution in [0.5, 0.6) is 5.75 Å². The third-order valence-electron chi connectivity index (χ3n) is 1.71. The highest BCUT2D eigenvalue weighted by Crippen LogP contribution is 2.19. The van der Waals surface area contributed by atoms with Gasteiger partial charge in [-0.05, 0) is 23.8 Å². The second-order valence-electron chi connectivity index (χ2n) is 2.57. The van der Waals surface area contributed by atoms with E-state index in [1.807, 2.05) is 6.07 Å². The van der Waals surface area contributed by atoms with Crippen LogP contribution in [-0.4, -0.2) is 13.4 Å². The second kappa shape index (κ2) is 4.83. The van der Waals surface area contributed by atoms with Gasteiger partial charge in [0, 0.05) is 0 Å². The summed E-state index contributed by atoms with van der Waals surface area (Å²) in [5, 5.41) is 8.78. The van der Waals surface area contributed by atoms with Gasteiger partial charge in [-0.3, -0.25) is 4.79 Å². The minimum atomic E-state index is 0.459. The number of carbonyl (C=O) groups is 1. The maximum atomic E-state index is 10.1. The van der Waals surface area contributed by atoms with Gasteiger partial charge in [0.25, 0.3) is 0 Å². The van der Waals surface area contributed by atoms with Crippen molar-refractivity contribution in [3.8, 4) is 11.8 Å². The minimum Gasteiger partial charge on any atom is -0.495 e. The van der Waals surface area contributed by atoms with E-state index in [4.69, 9.17) is 10.00 Å². The molecule has 0 unspecified atom stereocenters. The highest BCUT2D eigenvalue weighted by atomic mass is 16.5. The monoisotopic (exact) mass is 187 g/mol. The van der Waals surface area contributed by atoms with Crippen molar-refractivity contribution in [2.75, 3.05) is 7.11 Å². The molecule has 0 aliphatic carbocycles. The number of benzene rings is 1. The van der Waals surface area contributed by atoms with Crippen LogP contribution in [0.4, 0.5) is 0 Å². The highest BCUT2D eigenvalue weighted by Gasteiger charge is 2.01. The minimum absolute atomic E-state index is 0.459. The molecule has 0 bridgehead atoms. The van der Waals surface area contributed by atoms with Gasteiger partial charge in [-0.25, -0.2) is 0 Å². The summed E-state index contributed by atoms with van der Waals surface area (Å²) in [6.07, 6.45) is 3.70. The number of carbonyl (C=O) groups excluding carboxylic acids is 1. The Morgan fingerprint density at radius 2 is 2.29 bits per heavy atom. The van der Waals surface area contributed by atoms with Crippen LogP contribution < -0.4 is 4.74 Å². The van der Waals surface area contributed by atoms with E-state index in [0.717, 1.165) is 5.56 Å². The first-order chi connectivity index (χ1) is 6.81. The SMILES string of the molecule is COc1ccc(C=CC=O)cc1C#N. The lowest BCUT2D eigenvalue weighted by Gasteiger charge is -2.02. The van der Waals surface area contributed by atoms with E-state index >= 15 is 0 Å². The molecule has 0 atom stereocenters. The molecule has 3 heteroatoms. The lowest BCUT2D eigenvalue weighted by Crippen LogP contribution is -1.88. The summed E-state index contributed by atoms with van der Waals surface area (Å²) in [4.78, 5) is 10.1. The molecule has 0 fully saturated rings. The largest absolute Gasteiger partial charge is 0.495 e. The van der Waals surface area contributed by atoms with Crippen molar-refractivity contribution in [2.24, 2.45) is 0 Å². The van der Waals surface area contributed by atoms with Crippen LogP contribution in [0.2, 0.25) is 0 Å². The van der Waals surface area contributed by atoms with Gasteiger partial charge >= 0.3 is 0 Å². The molecule has 0 saturated heterocycles. The Morgan fingerprint density at radius 3 is 2.86 bits per heavy atom. The summed E-state index contributed by atoms with van der Waals surface area (Å²) in [5.41, 5.74) is 1.26. The molecule has 0 aromatic heterocycles. The van der Waals surface area contributed by atoms with Gasteiger partial charge in [0.15, 0.2) is 0 Å². The Labute approximate surface area is 82.2 Å². The number of hydrogen-bond donors (Lipinski definition) is 0. The highest BCUT2D eigenvalue weighted by molar-refractivity contribution is 5.74. The van der Waals surface area contributed by atoms with Crippen LogP contribution in [0.1, 0.15) is 11.1 Å². The molecule has 3 nitrogen and oxygen atoms in total. The summed E-state index contributed by atoms with van der Waals surface area (Å²) < 4.78 is 4.98. The van der Waals surface area contributed by atoms with Crippen molar-refractivity contribution in [3.63, 3.8) is 0 Å². The number of nitrogens with zero attached hydrogens (tertiary/aromatic N) is 1. The molecule has 70 valence electrons. The molecule has 1 rings (SSSR count). The first-order valence-electron chi connectivity index (χ1n) is 4.02. The maximum Gasteiger partial charge on any atom is 0.142 e. The topological polar surface area (TPSA) is 50.1 Å². The zero-order valence-electron chi connectivity index (χ0n) is 7.73. The zero-order valence-corrected chi connectivity index (χ0v) is 7.73. The average Bonchev–Trinajstić information content (AvgIpc) is 2.25. The molecule has 14 heavy (non-hydrogen) atoms. The zero-order chi connectivity index (χ0) is 10.4. The fourth-order valence-electron chi connectivity index (χ4n) is 1.07. The Balaban J connectivity index is 3.09. The van der Waals surface area contributed by atoms with Crippen LogP contribution in [0.25, 0.3) is 6.08 Å². The van der Waals surface area contributed by atoms with E-state index < -0.39 is 0 Å². The number of hydrogen-bond acceptors (Lipinski definition) is 3. The van der Waals surface area contributed by atoms with Crippen molar-refractivity contribution in [3.05, 3.63) is 35.4 Å². The molecule has 0 amide bonds. The third kappa shape index (κ3) is 2.20. The molecule has 0 aliphatic rings. The maximum absolute atomic E-state index is 10.1. The van der Waals surface area contributed by atoms with Crippen LogP contribution >= 0.6 is 0 Å². The summed E-state index contributed by atoms with van der Waals surface area (Å²) >= 11 is 0. The van der Waals surface area contributed by atoms with Crippen molar-refractivity contribution in [2.45, 2.75) is 0 Å². The molecule has 0 N–H and O–H groups in total. The Bertz CT molecular complexity index is 402. The molecular formula is C11H9NO2. The fourth-order valence-corrected chi connectivity index (χ4v) is 1.07. The Morgan fingerprint density at radius 1 is 1.50 bits per heavy atom. The first kappa shape index (κ1) is 10.0. The molecule has 0 radical (unpaired) electrons. The van der Waals surface area contributed by atoms with E-state index in [9.17, 15) is 4.79 Å². The van der Waals surface area contributed by atoms with Gasteiger partial charge in [0.1, 0.15) is 18.1 Å². The van der Waals surface area contributed by atoms with Crippen molar-refractivity contribution in [1.29, 1.82) is 5.26 Å². The van der Waals surface area contributed by atoms with Crippen molar-refractivity contribution < 1.29 is 9.53 Å². The van der Waals surface area contributed by atoms with E-state index in [1.54, 1.807) is 24.3 Å². The number of aldehydes is 1. The quantitative estimate of drug-likeness (QED) is 0.535.